The molecule has 6 heteroatoms. The predicted octanol–water partition coefficient (Wildman–Crippen LogP) is 1.23. The van der Waals surface area contributed by atoms with E-state index in [1.165, 1.54) is 0 Å². The third-order valence-electron chi connectivity index (χ3n) is 2.53. The topological polar surface area (TPSA) is 71.5 Å². The first kappa shape index (κ1) is 14.8. The van der Waals surface area contributed by atoms with E-state index in [0.717, 1.165) is 25.3 Å². The quantitative estimate of drug-likeness (QED) is 0.674. The lowest BCUT2D eigenvalue weighted by molar-refractivity contribution is 0.0784. The Hall–Kier alpha value is -1.27. The summed E-state index contributed by atoms with van der Waals surface area (Å²) < 4.78 is 17.7. The van der Waals surface area contributed by atoms with Crippen molar-refractivity contribution in [2.75, 3.05) is 39.3 Å². The number of nitrogens with two attached hydrogens (primary N) is 1. The van der Waals surface area contributed by atoms with Crippen LogP contribution in [-0.4, -0.2) is 43.3 Å². The number of nitrogens with zero attached hydrogens (tertiary/aromatic N) is 2. The van der Waals surface area contributed by atoms with E-state index in [4.69, 9.17) is 19.9 Å². The minimum Gasteiger partial charge on any atom is -0.474 e. The molecule has 1 aromatic heterocycles. The molecule has 0 aliphatic heterocycles. The van der Waals surface area contributed by atoms with Crippen LogP contribution in [0.3, 0.4) is 0 Å². The molecule has 0 aromatic carbocycles. The molecular weight excluding hydrogens is 234 g/mol. The largest absolute Gasteiger partial charge is 0.474 e. The molecule has 0 amide bonds. The maximum Gasteiger partial charge on any atom is 0.236 e. The van der Waals surface area contributed by atoms with Crippen LogP contribution in [0.25, 0.3) is 0 Å². The van der Waals surface area contributed by atoms with Crippen molar-refractivity contribution in [1.82, 2.24) is 9.78 Å². The van der Waals surface area contributed by atoms with Gasteiger partial charge < -0.3 is 19.9 Å². The molecule has 6 nitrogen and oxygen atoms in total. The lowest BCUT2D eigenvalue weighted by Crippen LogP contribution is -2.11. The van der Waals surface area contributed by atoms with Crippen LogP contribution in [0, 0.1) is 6.92 Å². The monoisotopic (exact) mass is 257 g/mol. The molecule has 1 heterocycles. The molecule has 0 aliphatic carbocycles. The maximum absolute atomic E-state index is 5.89. The van der Waals surface area contributed by atoms with E-state index >= 15 is 0 Å². The van der Waals surface area contributed by atoms with Crippen molar-refractivity contribution < 1.29 is 14.2 Å². The van der Waals surface area contributed by atoms with Gasteiger partial charge in [0.15, 0.2) is 0 Å². The van der Waals surface area contributed by atoms with Crippen molar-refractivity contribution in [1.29, 1.82) is 0 Å². The van der Waals surface area contributed by atoms with Crippen LogP contribution in [0.5, 0.6) is 5.88 Å². The summed E-state index contributed by atoms with van der Waals surface area (Å²) >= 11 is 0. The Morgan fingerprint density at radius 2 is 2.00 bits per heavy atom. The predicted molar refractivity (Wildman–Crippen MR) is 69.9 cm³/mol. The third-order valence-corrected chi connectivity index (χ3v) is 2.53. The normalized spacial score (nSPS) is 10.8. The molecule has 104 valence electrons. The molecule has 0 saturated heterocycles. The highest BCUT2D eigenvalue weighted by Crippen LogP contribution is 2.24. The number of methoxy groups -OCH3 is 1. The van der Waals surface area contributed by atoms with Gasteiger partial charge in [-0.25, -0.2) is 4.68 Å². The number of ether oxygens (including phenoxy) is 3. The zero-order valence-corrected chi connectivity index (χ0v) is 11.4. The van der Waals surface area contributed by atoms with Gasteiger partial charge in [-0.3, -0.25) is 0 Å². The Kier molecular flexibility index (Phi) is 6.53. The molecule has 0 unspecified atom stereocenters. The van der Waals surface area contributed by atoms with E-state index in [0.29, 0.717) is 31.4 Å². The number of hydrogen-bond donors (Lipinski definition) is 1. The van der Waals surface area contributed by atoms with Gasteiger partial charge in [0.05, 0.1) is 12.3 Å². The average molecular weight is 257 g/mol. The van der Waals surface area contributed by atoms with Gasteiger partial charge in [0.2, 0.25) is 5.88 Å². The lowest BCUT2D eigenvalue weighted by atomic mass is 10.4. The summed E-state index contributed by atoms with van der Waals surface area (Å²) in [5.74, 6) is 0.635. The van der Waals surface area contributed by atoms with Crippen LogP contribution in [0.15, 0.2) is 0 Å². The van der Waals surface area contributed by atoms with Crippen LogP contribution in [0.4, 0.5) is 5.69 Å². The van der Waals surface area contributed by atoms with Crippen molar-refractivity contribution in [3.05, 3.63) is 5.69 Å². The van der Waals surface area contributed by atoms with Gasteiger partial charge in [0, 0.05) is 26.9 Å². The van der Waals surface area contributed by atoms with Crippen LogP contribution < -0.4 is 10.5 Å². The number of anilines is 1. The summed E-state index contributed by atoms with van der Waals surface area (Å²) in [6, 6.07) is 0. The molecule has 0 radical (unpaired) electrons. The van der Waals surface area contributed by atoms with E-state index in [1.54, 1.807) is 11.8 Å². The molecule has 0 bridgehead atoms. The second-order valence-corrected chi connectivity index (χ2v) is 3.93. The first-order valence-electron chi connectivity index (χ1n) is 6.23. The second-order valence-electron chi connectivity index (χ2n) is 3.93. The van der Waals surface area contributed by atoms with Gasteiger partial charge in [-0.05, 0) is 20.3 Å². The van der Waals surface area contributed by atoms with Crippen LogP contribution in [-0.2, 0) is 16.0 Å². The highest BCUT2D eigenvalue weighted by molar-refractivity contribution is 5.52. The highest BCUT2D eigenvalue weighted by Gasteiger charge is 2.12. The van der Waals surface area contributed by atoms with Gasteiger partial charge in [0.1, 0.15) is 12.3 Å². The van der Waals surface area contributed by atoms with Crippen molar-refractivity contribution in [2.45, 2.75) is 26.8 Å². The fourth-order valence-electron chi connectivity index (χ4n) is 1.55. The summed E-state index contributed by atoms with van der Waals surface area (Å²) in [4.78, 5) is 0. The van der Waals surface area contributed by atoms with Crippen molar-refractivity contribution in [2.24, 2.45) is 0 Å². The molecule has 0 saturated carbocycles. The molecule has 2 N–H and O–H groups in total. The zero-order valence-electron chi connectivity index (χ0n) is 11.4. The summed E-state index contributed by atoms with van der Waals surface area (Å²) in [6.07, 6.45) is 0.893. The molecule has 1 rings (SSSR count). The number of hydrogen-bond acceptors (Lipinski definition) is 5. The highest BCUT2D eigenvalue weighted by atomic mass is 16.5. The Morgan fingerprint density at radius 3 is 2.67 bits per heavy atom. The van der Waals surface area contributed by atoms with E-state index in [2.05, 4.69) is 5.10 Å². The standard InChI is InChI=1S/C12H23N3O3/c1-4-15-12(11(13)10(2)14-15)18-9-8-17-7-5-6-16-3/h4-9,13H2,1-3H3. The number of aryl methyl sites for hydroxylation is 2. The number of nitrogen functional groups attached to an aromatic ring is 1. The smallest absolute Gasteiger partial charge is 0.236 e. The fraction of sp³-hybridized carbons (Fsp3) is 0.750. The van der Waals surface area contributed by atoms with Gasteiger partial charge in [-0.1, -0.05) is 0 Å². The maximum atomic E-state index is 5.89. The van der Waals surface area contributed by atoms with Crippen molar-refractivity contribution in [3.8, 4) is 5.88 Å². The first-order valence-corrected chi connectivity index (χ1v) is 6.23. The SMILES string of the molecule is CCn1nc(C)c(N)c1OCCOCCCOC. The molecule has 0 aliphatic rings. The van der Waals surface area contributed by atoms with Crippen LogP contribution in [0.2, 0.25) is 0 Å². The Balaban J connectivity index is 2.26. The van der Waals surface area contributed by atoms with E-state index in [9.17, 15) is 0 Å². The molecule has 0 spiro atoms. The number of rotatable bonds is 9. The van der Waals surface area contributed by atoms with Gasteiger partial charge in [-0.15, -0.1) is 0 Å². The summed E-state index contributed by atoms with van der Waals surface area (Å²) in [5.41, 5.74) is 7.30. The average Bonchev–Trinajstić information content (AvgIpc) is 2.65. The molecule has 0 fully saturated rings. The van der Waals surface area contributed by atoms with Gasteiger partial charge >= 0.3 is 0 Å². The van der Waals surface area contributed by atoms with E-state index in [-0.39, 0.29) is 0 Å². The fourth-order valence-corrected chi connectivity index (χ4v) is 1.55. The Bertz CT molecular complexity index is 353. The van der Waals surface area contributed by atoms with Crippen LogP contribution in [0.1, 0.15) is 19.0 Å². The first-order chi connectivity index (χ1) is 8.70. The van der Waals surface area contributed by atoms with Gasteiger partial charge in [0.25, 0.3) is 0 Å². The molecular formula is C12H23N3O3. The summed E-state index contributed by atoms with van der Waals surface area (Å²) in [7, 11) is 1.68. The van der Waals surface area contributed by atoms with Crippen molar-refractivity contribution >= 4 is 5.69 Å². The Labute approximate surface area is 108 Å². The minimum absolute atomic E-state index is 0.475. The second kappa shape index (κ2) is 7.94. The zero-order chi connectivity index (χ0) is 13.4. The van der Waals surface area contributed by atoms with E-state index in [1.807, 2.05) is 13.8 Å². The molecule has 0 atom stereocenters. The third kappa shape index (κ3) is 4.19. The minimum atomic E-state index is 0.475. The van der Waals surface area contributed by atoms with E-state index < -0.39 is 0 Å². The molecule has 1 aromatic rings. The number of aromatic nitrogens is 2. The van der Waals surface area contributed by atoms with Crippen LogP contribution >= 0.6 is 0 Å². The summed E-state index contributed by atoms with van der Waals surface area (Å²) in [5, 5.41) is 4.28. The molecule has 18 heavy (non-hydrogen) atoms. The summed E-state index contributed by atoms with van der Waals surface area (Å²) in [6.45, 7) is 7.02. The van der Waals surface area contributed by atoms with Crippen molar-refractivity contribution in [3.63, 3.8) is 0 Å². The van der Waals surface area contributed by atoms with Gasteiger partial charge in [-0.2, -0.15) is 5.10 Å². The lowest BCUT2D eigenvalue weighted by Gasteiger charge is -2.09. The Morgan fingerprint density at radius 1 is 1.22 bits per heavy atom.